The number of aryl methyl sites for hydroxylation is 1. The van der Waals surface area contributed by atoms with Crippen LogP contribution in [-0.2, 0) is 12.7 Å². The molecule has 37 heavy (non-hydrogen) atoms. The van der Waals surface area contributed by atoms with E-state index >= 15 is 0 Å². The van der Waals surface area contributed by atoms with Gasteiger partial charge >= 0.3 is 6.18 Å². The number of amides is 1. The van der Waals surface area contributed by atoms with Crippen LogP contribution in [0.4, 0.5) is 24.7 Å². The summed E-state index contributed by atoms with van der Waals surface area (Å²) in [6, 6.07) is 10.4. The van der Waals surface area contributed by atoms with Crippen LogP contribution in [0.3, 0.4) is 0 Å². The lowest BCUT2D eigenvalue weighted by Crippen LogP contribution is -2.44. The molecule has 0 aliphatic carbocycles. The molecule has 1 saturated heterocycles. The Morgan fingerprint density at radius 1 is 1.11 bits per heavy atom. The minimum absolute atomic E-state index is 0.0727. The van der Waals surface area contributed by atoms with Crippen molar-refractivity contribution in [3.05, 3.63) is 82.3 Å². The van der Waals surface area contributed by atoms with Crippen molar-refractivity contribution in [3.8, 4) is 11.8 Å². The van der Waals surface area contributed by atoms with Gasteiger partial charge in [-0.2, -0.15) is 13.2 Å². The number of anilines is 2. The zero-order chi connectivity index (χ0) is 26.6. The van der Waals surface area contributed by atoms with E-state index in [1.54, 1.807) is 31.2 Å². The smallest absolute Gasteiger partial charge is 0.382 e. The van der Waals surface area contributed by atoms with Crippen LogP contribution in [0.1, 0.15) is 38.4 Å². The van der Waals surface area contributed by atoms with Crippen LogP contribution in [-0.4, -0.2) is 58.9 Å². The molecule has 1 aliphatic heterocycles. The molecule has 0 bridgehead atoms. The van der Waals surface area contributed by atoms with Crippen LogP contribution in [0.25, 0.3) is 0 Å². The number of nitrogens with one attached hydrogen (secondary N) is 1. The summed E-state index contributed by atoms with van der Waals surface area (Å²) in [5.74, 6) is 5.57. The third kappa shape index (κ3) is 6.84. The van der Waals surface area contributed by atoms with E-state index in [9.17, 15) is 18.0 Å². The molecule has 7 nitrogen and oxygen atoms in total. The first kappa shape index (κ1) is 26.1. The fraction of sp³-hybridized carbons (Fsp3) is 0.296. The second-order valence-electron chi connectivity index (χ2n) is 8.96. The fourth-order valence-electron chi connectivity index (χ4n) is 3.93. The van der Waals surface area contributed by atoms with Gasteiger partial charge in [0, 0.05) is 49.5 Å². The molecule has 1 fully saturated rings. The highest BCUT2D eigenvalue weighted by molar-refractivity contribution is 6.04. The van der Waals surface area contributed by atoms with Gasteiger partial charge in [0.05, 0.1) is 17.5 Å². The number of nitrogen functional groups attached to an aromatic ring is 1. The lowest BCUT2D eigenvalue weighted by Gasteiger charge is -2.33. The van der Waals surface area contributed by atoms with Crippen LogP contribution in [0.5, 0.6) is 0 Å². The van der Waals surface area contributed by atoms with Crippen molar-refractivity contribution in [1.82, 2.24) is 19.8 Å². The Hall–Kier alpha value is -3.94. The van der Waals surface area contributed by atoms with Crippen LogP contribution >= 0.6 is 0 Å². The van der Waals surface area contributed by atoms with Gasteiger partial charge in [0.1, 0.15) is 11.5 Å². The summed E-state index contributed by atoms with van der Waals surface area (Å²) in [4.78, 5) is 25.2. The predicted octanol–water partition coefficient (Wildman–Crippen LogP) is 3.79. The number of likely N-dealkylation sites (N-methyl/N-ethyl adjacent to an activating group) is 1. The van der Waals surface area contributed by atoms with Crippen molar-refractivity contribution in [2.45, 2.75) is 19.6 Å². The SMILES string of the molecule is Cc1nc(C#Cc2cccc(C(=O)Nc3ccc(CN4CCN(C)CC4)c(C(F)(F)F)c3)c2)cnc1N. The maximum Gasteiger partial charge on any atom is 0.416 e. The Kier molecular flexibility index (Phi) is 7.76. The van der Waals surface area contributed by atoms with E-state index in [4.69, 9.17) is 5.73 Å². The fourth-order valence-corrected chi connectivity index (χ4v) is 3.93. The van der Waals surface area contributed by atoms with E-state index < -0.39 is 17.6 Å². The average molecular weight is 509 g/mol. The van der Waals surface area contributed by atoms with Gasteiger partial charge in [-0.3, -0.25) is 9.69 Å². The molecule has 0 radical (unpaired) electrons. The van der Waals surface area contributed by atoms with Gasteiger partial charge < -0.3 is 16.0 Å². The normalized spacial score (nSPS) is 14.6. The van der Waals surface area contributed by atoms with Gasteiger partial charge in [-0.15, -0.1) is 0 Å². The monoisotopic (exact) mass is 508 g/mol. The Morgan fingerprint density at radius 2 is 1.86 bits per heavy atom. The van der Waals surface area contributed by atoms with E-state index in [-0.39, 0.29) is 23.4 Å². The summed E-state index contributed by atoms with van der Waals surface area (Å²) < 4.78 is 41.6. The minimum atomic E-state index is -4.54. The zero-order valence-corrected chi connectivity index (χ0v) is 20.6. The topological polar surface area (TPSA) is 87.4 Å². The van der Waals surface area contributed by atoms with Gasteiger partial charge in [0.25, 0.3) is 5.91 Å². The van der Waals surface area contributed by atoms with Gasteiger partial charge in [-0.05, 0) is 55.8 Å². The van der Waals surface area contributed by atoms with E-state index in [1.165, 1.54) is 18.3 Å². The van der Waals surface area contributed by atoms with Crippen molar-refractivity contribution >= 4 is 17.4 Å². The molecule has 3 aromatic rings. The molecule has 10 heteroatoms. The first-order chi connectivity index (χ1) is 17.6. The summed E-state index contributed by atoms with van der Waals surface area (Å²) in [5, 5.41) is 2.58. The van der Waals surface area contributed by atoms with Crippen LogP contribution in [0.15, 0.2) is 48.7 Å². The number of benzene rings is 2. The number of hydrogen-bond acceptors (Lipinski definition) is 6. The van der Waals surface area contributed by atoms with Crippen molar-refractivity contribution in [3.63, 3.8) is 0 Å². The maximum atomic E-state index is 13.9. The van der Waals surface area contributed by atoms with Crippen molar-refractivity contribution in [2.24, 2.45) is 0 Å². The standard InChI is InChI=1S/C27H27F3N6O/c1-18-25(31)32-16-23(33-18)8-6-19-4-3-5-20(14-19)26(37)34-22-9-7-21(24(15-22)27(28,29)30)17-36-12-10-35(2)11-13-36/h3-5,7,9,14-16H,10-13,17H2,1-2H3,(H2,31,32)(H,34,37). The van der Waals surface area contributed by atoms with E-state index in [1.807, 2.05) is 11.9 Å². The van der Waals surface area contributed by atoms with Crippen molar-refractivity contribution < 1.29 is 18.0 Å². The zero-order valence-electron chi connectivity index (χ0n) is 20.6. The maximum absolute atomic E-state index is 13.9. The second kappa shape index (κ2) is 11.0. The molecular weight excluding hydrogens is 481 g/mol. The molecular formula is C27H27F3N6O. The Balaban J connectivity index is 1.50. The highest BCUT2D eigenvalue weighted by atomic mass is 19.4. The largest absolute Gasteiger partial charge is 0.416 e. The van der Waals surface area contributed by atoms with Crippen molar-refractivity contribution in [2.75, 3.05) is 44.3 Å². The summed E-state index contributed by atoms with van der Waals surface area (Å²) in [6.45, 7) is 4.96. The van der Waals surface area contributed by atoms with Gasteiger partial charge in [-0.25, -0.2) is 9.97 Å². The molecule has 1 aromatic heterocycles. The van der Waals surface area contributed by atoms with Gasteiger partial charge in [-0.1, -0.05) is 18.1 Å². The highest BCUT2D eigenvalue weighted by Gasteiger charge is 2.34. The van der Waals surface area contributed by atoms with E-state index in [0.717, 1.165) is 19.2 Å². The highest BCUT2D eigenvalue weighted by Crippen LogP contribution is 2.34. The number of nitrogens with two attached hydrogens (primary N) is 1. The molecule has 2 heterocycles. The number of nitrogens with zero attached hydrogens (tertiary/aromatic N) is 4. The number of piperazine rings is 1. The van der Waals surface area contributed by atoms with Gasteiger partial charge in [0.15, 0.2) is 0 Å². The molecule has 3 N–H and O–H groups in total. The van der Waals surface area contributed by atoms with Gasteiger partial charge in [0.2, 0.25) is 0 Å². The minimum Gasteiger partial charge on any atom is -0.382 e. The number of carbonyl (C=O) groups is 1. The molecule has 2 aromatic carbocycles. The number of halogens is 3. The molecule has 0 atom stereocenters. The molecule has 192 valence electrons. The van der Waals surface area contributed by atoms with E-state index in [2.05, 4.69) is 32.0 Å². The summed E-state index contributed by atoms with van der Waals surface area (Å²) in [5.41, 5.74) is 6.98. The molecule has 1 aliphatic rings. The lowest BCUT2D eigenvalue weighted by atomic mass is 10.0. The molecule has 0 spiro atoms. The number of aromatic nitrogens is 2. The number of carbonyl (C=O) groups excluding carboxylic acids is 1. The number of hydrogen-bond donors (Lipinski definition) is 2. The van der Waals surface area contributed by atoms with Crippen LogP contribution in [0, 0.1) is 18.8 Å². The van der Waals surface area contributed by atoms with Crippen LogP contribution < -0.4 is 11.1 Å². The Bertz CT molecular complexity index is 1350. The average Bonchev–Trinajstić information content (AvgIpc) is 2.86. The first-order valence-electron chi connectivity index (χ1n) is 11.7. The molecule has 0 saturated carbocycles. The summed E-state index contributed by atoms with van der Waals surface area (Å²) in [6.07, 6.45) is -3.08. The molecule has 4 rings (SSSR count). The quantitative estimate of drug-likeness (QED) is 0.522. The third-order valence-corrected chi connectivity index (χ3v) is 6.11. The van der Waals surface area contributed by atoms with Crippen LogP contribution in [0.2, 0.25) is 0 Å². The Morgan fingerprint density at radius 3 is 2.57 bits per heavy atom. The van der Waals surface area contributed by atoms with E-state index in [0.29, 0.717) is 35.9 Å². The molecule has 1 amide bonds. The second-order valence-corrected chi connectivity index (χ2v) is 8.96. The summed E-state index contributed by atoms with van der Waals surface area (Å²) in [7, 11) is 1.99. The molecule has 0 unspecified atom stereocenters. The number of rotatable bonds is 4. The third-order valence-electron chi connectivity index (χ3n) is 6.11. The number of alkyl halides is 3. The van der Waals surface area contributed by atoms with Crippen molar-refractivity contribution in [1.29, 1.82) is 0 Å². The predicted molar refractivity (Wildman–Crippen MR) is 136 cm³/mol. The Labute approximate surface area is 213 Å². The first-order valence-corrected chi connectivity index (χ1v) is 11.7. The summed E-state index contributed by atoms with van der Waals surface area (Å²) >= 11 is 0. The lowest BCUT2D eigenvalue weighted by molar-refractivity contribution is -0.138.